The molecule has 24 heavy (non-hydrogen) atoms. The normalized spacial score (nSPS) is 22.6. The number of carbonyl (C=O) groups excluding carboxylic acids is 1. The zero-order valence-electron chi connectivity index (χ0n) is 14.6. The van der Waals surface area contributed by atoms with Gasteiger partial charge in [0.25, 0.3) is 0 Å². The molecule has 0 aliphatic carbocycles. The summed E-state index contributed by atoms with van der Waals surface area (Å²) in [5, 5.41) is 8.81. The third kappa shape index (κ3) is 3.87. The first-order valence-corrected chi connectivity index (χ1v) is 8.79. The van der Waals surface area contributed by atoms with Crippen molar-refractivity contribution in [2.75, 3.05) is 46.0 Å². The van der Waals surface area contributed by atoms with Crippen LogP contribution in [0.25, 0.3) is 0 Å². The predicted molar refractivity (Wildman–Crippen MR) is 87.7 cm³/mol. The van der Waals surface area contributed by atoms with E-state index in [2.05, 4.69) is 19.7 Å². The molecule has 0 unspecified atom stereocenters. The maximum atomic E-state index is 12.0. The average molecular weight is 337 g/mol. The summed E-state index contributed by atoms with van der Waals surface area (Å²) in [6, 6.07) is 0. The lowest BCUT2D eigenvalue weighted by molar-refractivity contribution is 0.0326. The van der Waals surface area contributed by atoms with E-state index < -0.39 is 0 Å². The summed E-state index contributed by atoms with van der Waals surface area (Å²) in [5.41, 5.74) is 0. The largest absolute Gasteiger partial charge is 0.450 e. The quantitative estimate of drug-likeness (QED) is 0.816. The lowest BCUT2D eigenvalue weighted by Gasteiger charge is -2.31. The molecule has 2 fully saturated rings. The van der Waals surface area contributed by atoms with Crippen molar-refractivity contribution in [3.8, 4) is 0 Å². The van der Waals surface area contributed by atoms with E-state index in [1.807, 2.05) is 14.0 Å². The van der Waals surface area contributed by atoms with Gasteiger partial charge in [-0.05, 0) is 19.8 Å². The Labute approximate surface area is 142 Å². The number of aromatic nitrogens is 3. The summed E-state index contributed by atoms with van der Waals surface area (Å²) in [6.45, 7) is 7.87. The predicted octanol–water partition coefficient (Wildman–Crippen LogP) is 0.983. The van der Waals surface area contributed by atoms with Crippen molar-refractivity contribution in [1.82, 2.24) is 24.6 Å². The maximum absolute atomic E-state index is 12.0. The minimum Gasteiger partial charge on any atom is -0.450 e. The van der Waals surface area contributed by atoms with Crippen LogP contribution < -0.4 is 0 Å². The molecule has 2 aliphatic rings. The molecule has 2 saturated heterocycles. The number of hydrogen-bond donors (Lipinski definition) is 0. The molecule has 0 aromatic carbocycles. The van der Waals surface area contributed by atoms with Crippen LogP contribution >= 0.6 is 0 Å². The van der Waals surface area contributed by atoms with Gasteiger partial charge >= 0.3 is 6.09 Å². The Kier molecular flexibility index (Phi) is 5.68. The molecule has 0 bridgehead atoms. The van der Waals surface area contributed by atoms with Gasteiger partial charge in [-0.1, -0.05) is 0 Å². The molecule has 1 aromatic heterocycles. The Balaban J connectivity index is 1.64. The molecule has 0 radical (unpaired) electrons. The van der Waals surface area contributed by atoms with Crippen molar-refractivity contribution in [1.29, 1.82) is 0 Å². The van der Waals surface area contributed by atoms with Gasteiger partial charge in [-0.2, -0.15) is 0 Å². The first-order valence-electron chi connectivity index (χ1n) is 8.79. The number of ether oxygens (including phenoxy) is 2. The molecule has 0 saturated carbocycles. The first-order chi connectivity index (χ1) is 11.7. The van der Waals surface area contributed by atoms with Gasteiger partial charge in [-0.15, -0.1) is 10.2 Å². The molecule has 134 valence electrons. The molecular weight excluding hydrogens is 310 g/mol. The number of nitrogens with zero attached hydrogens (tertiary/aromatic N) is 5. The average Bonchev–Trinajstić information content (AvgIpc) is 2.97. The fourth-order valence-electron chi connectivity index (χ4n) is 3.40. The SMILES string of the molecule is CCOC(=O)N1CCC[C@H](c2nnc(CN3CCOCC3)n2C)C1. The summed E-state index contributed by atoms with van der Waals surface area (Å²) in [5.74, 6) is 2.16. The second-order valence-corrected chi connectivity index (χ2v) is 6.41. The van der Waals surface area contributed by atoms with Crippen molar-refractivity contribution in [3.05, 3.63) is 11.6 Å². The number of carbonyl (C=O) groups is 1. The van der Waals surface area contributed by atoms with E-state index in [1.54, 1.807) is 4.90 Å². The fourth-order valence-corrected chi connectivity index (χ4v) is 3.40. The smallest absolute Gasteiger partial charge is 0.409 e. The summed E-state index contributed by atoms with van der Waals surface area (Å²) in [6.07, 6.45) is 1.77. The Morgan fingerprint density at radius 3 is 2.83 bits per heavy atom. The van der Waals surface area contributed by atoms with Crippen LogP contribution in [-0.4, -0.2) is 76.7 Å². The van der Waals surface area contributed by atoms with Crippen molar-refractivity contribution in [2.45, 2.75) is 32.2 Å². The van der Waals surface area contributed by atoms with Crippen LogP contribution in [-0.2, 0) is 23.1 Å². The molecular formula is C16H27N5O3. The Morgan fingerprint density at radius 2 is 2.08 bits per heavy atom. The van der Waals surface area contributed by atoms with E-state index in [1.165, 1.54) is 0 Å². The van der Waals surface area contributed by atoms with Crippen LogP contribution in [0.4, 0.5) is 4.79 Å². The van der Waals surface area contributed by atoms with E-state index in [4.69, 9.17) is 9.47 Å². The van der Waals surface area contributed by atoms with Gasteiger partial charge < -0.3 is 18.9 Å². The van der Waals surface area contributed by atoms with Gasteiger partial charge in [0.05, 0.1) is 26.4 Å². The van der Waals surface area contributed by atoms with E-state index in [0.29, 0.717) is 13.2 Å². The number of amides is 1. The van der Waals surface area contributed by atoms with Crippen LogP contribution in [0.3, 0.4) is 0 Å². The Hall–Kier alpha value is -1.67. The highest BCUT2D eigenvalue weighted by atomic mass is 16.6. The van der Waals surface area contributed by atoms with Crippen molar-refractivity contribution < 1.29 is 14.3 Å². The van der Waals surface area contributed by atoms with Gasteiger partial charge in [-0.25, -0.2) is 4.79 Å². The molecule has 0 N–H and O–H groups in total. The Morgan fingerprint density at radius 1 is 1.29 bits per heavy atom. The standard InChI is InChI=1S/C16H27N5O3/c1-3-24-16(22)21-6-4-5-13(11-21)15-18-17-14(19(15)2)12-20-7-9-23-10-8-20/h13H,3-12H2,1-2H3/t13-/m0/s1. The highest BCUT2D eigenvalue weighted by Gasteiger charge is 2.29. The molecule has 1 atom stereocenters. The number of rotatable bonds is 4. The molecule has 8 nitrogen and oxygen atoms in total. The lowest BCUT2D eigenvalue weighted by atomic mass is 9.97. The van der Waals surface area contributed by atoms with Gasteiger partial charge in [0.1, 0.15) is 11.6 Å². The minimum absolute atomic E-state index is 0.221. The monoisotopic (exact) mass is 337 g/mol. The van der Waals surface area contributed by atoms with Crippen LogP contribution in [0.2, 0.25) is 0 Å². The minimum atomic E-state index is -0.224. The molecule has 3 heterocycles. The molecule has 0 spiro atoms. The molecule has 1 aromatic rings. The lowest BCUT2D eigenvalue weighted by Crippen LogP contribution is -2.40. The van der Waals surface area contributed by atoms with Gasteiger partial charge in [0, 0.05) is 39.1 Å². The molecule has 8 heteroatoms. The highest BCUT2D eigenvalue weighted by molar-refractivity contribution is 5.67. The summed E-state index contributed by atoms with van der Waals surface area (Å²) in [7, 11) is 2.02. The van der Waals surface area contributed by atoms with E-state index in [0.717, 1.165) is 63.9 Å². The molecule has 1 amide bonds. The first kappa shape index (κ1) is 17.2. The van der Waals surface area contributed by atoms with E-state index in [-0.39, 0.29) is 12.0 Å². The molecule has 3 rings (SSSR count). The summed E-state index contributed by atoms with van der Waals surface area (Å²) in [4.78, 5) is 16.1. The van der Waals surface area contributed by atoms with Crippen molar-refractivity contribution in [2.24, 2.45) is 7.05 Å². The third-order valence-corrected chi connectivity index (χ3v) is 4.78. The zero-order chi connectivity index (χ0) is 16.9. The highest BCUT2D eigenvalue weighted by Crippen LogP contribution is 2.26. The van der Waals surface area contributed by atoms with E-state index >= 15 is 0 Å². The fraction of sp³-hybridized carbons (Fsp3) is 0.812. The summed E-state index contributed by atoms with van der Waals surface area (Å²) < 4.78 is 12.6. The maximum Gasteiger partial charge on any atom is 0.409 e. The van der Waals surface area contributed by atoms with Crippen LogP contribution in [0.1, 0.15) is 37.3 Å². The number of hydrogen-bond acceptors (Lipinski definition) is 6. The van der Waals surface area contributed by atoms with Crippen LogP contribution in [0.15, 0.2) is 0 Å². The van der Waals surface area contributed by atoms with Crippen molar-refractivity contribution >= 4 is 6.09 Å². The van der Waals surface area contributed by atoms with Gasteiger partial charge in [0.15, 0.2) is 0 Å². The van der Waals surface area contributed by atoms with Gasteiger partial charge in [0.2, 0.25) is 0 Å². The van der Waals surface area contributed by atoms with Crippen LogP contribution in [0, 0.1) is 0 Å². The second kappa shape index (κ2) is 7.94. The topological polar surface area (TPSA) is 72.7 Å². The van der Waals surface area contributed by atoms with Gasteiger partial charge in [-0.3, -0.25) is 4.90 Å². The summed E-state index contributed by atoms with van der Waals surface area (Å²) >= 11 is 0. The Bertz CT molecular complexity index is 556. The van der Waals surface area contributed by atoms with Crippen LogP contribution in [0.5, 0.6) is 0 Å². The van der Waals surface area contributed by atoms with E-state index in [9.17, 15) is 4.79 Å². The third-order valence-electron chi connectivity index (χ3n) is 4.78. The number of likely N-dealkylation sites (tertiary alicyclic amines) is 1. The molecule has 2 aliphatic heterocycles. The van der Waals surface area contributed by atoms with Crippen molar-refractivity contribution in [3.63, 3.8) is 0 Å². The zero-order valence-corrected chi connectivity index (χ0v) is 14.6. The number of morpholine rings is 1. The second-order valence-electron chi connectivity index (χ2n) is 6.41. The number of piperidine rings is 1.